The molecule has 2 N–H and O–H groups in total. The number of rotatable bonds is 4. The average Bonchev–Trinajstić information content (AvgIpc) is 2.96. The Morgan fingerprint density at radius 2 is 2.09 bits per heavy atom. The third kappa shape index (κ3) is 4.05. The predicted molar refractivity (Wildman–Crippen MR) is 92.6 cm³/mol. The number of carbonyl (C=O) groups excluding carboxylic acids is 1. The van der Waals surface area contributed by atoms with Gasteiger partial charge in [-0.3, -0.25) is 4.79 Å². The highest BCUT2D eigenvalue weighted by Gasteiger charge is 2.24. The number of benzene rings is 1. The van der Waals surface area contributed by atoms with Gasteiger partial charge in [0.1, 0.15) is 0 Å². The topological polar surface area (TPSA) is 64.2 Å². The van der Waals surface area contributed by atoms with Gasteiger partial charge in [0, 0.05) is 32.0 Å². The summed E-state index contributed by atoms with van der Waals surface area (Å²) in [5.41, 5.74) is 8.61. The fraction of sp³-hybridized carbons (Fsp3) is 0.375. The first kappa shape index (κ1) is 17.8. The Labute approximate surface area is 146 Å². The van der Waals surface area contributed by atoms with Gasteiger partial charge in [0.05, 0.1) is 6.04 Å². The van der Waals surface area contributed by atoms with Gasteiger partial charge in [-0.05, 0) is 35.6 Å². The number of halogens is 2. The molecule has 1 atom stereocenters. The number of hydrogen-bond donors (Lipinski definition) is 1. The van der Waals surface area contributed by atoms with Gasteiger partial charge in [0.25, 0.3) is 0 Å². The highest BCUT2D eigenvalue weighted by Crippen LogP contribution is 2.19. The normalized spacial score (nSPS) is 14.8. The third-order valence-electron chi connectivity index (χ3n) is 4.11. The first-order chi connectivity index (χ1) is 10.6. The molecule has 0 bridgehead atoms. The predicted octanol–water partition coefficient (Wildman–Crippen LogP) is 2.26. The molecule has 0 spiro atoms. The standard InChI is InChI=1S/C16H19ClN4O.ClH/c17-16-19-7-10-20(16)9-6-14(18)15(22)21-8-5-12-3-1-2-4-13(12)11-21;/h1-4,7,10,14H,5-6,8-9,11,18H2;1H. The lowest BCUT2D eigenvalue weighted by atomic mass is 9.99. The molecule has 2 aromatic rings. The zero-order chi connectivity index (χ0) is 15.5. The fourth-order valence-corrected chi connectivity index (χ4v) is 2.99. The van der Waals surface area contributed by atoms with Crippen LogP contribution in [0.1, 0.15) is 17.5 Å². The molecule has 1 unspecified atom stereocenters. The summed E-state index contributed by atoms with van der Waals surface area (Å²) >= 11 is 5.92. The van der Waals surface area contributed by atoms with E-state index < -0.39 is 6.04 Å². The maximum atomic E-state index is 12.5. The summed E-state index contributed by atoms with van der Waals surface area (Å²) in [6.07, 6.45) is 4.86. The van der Waals surface area contributed by atoms with Crippen molar-refractivity contribution < 1.29 is 4.79 Å². The average molecular weight is 355 g/mol. The van der Waals surface area contributed by atoms with Crippen LogP contribution in [0.2, 0.25) is 5.28 Å². The van der Waals surface area contributed by atoms with E-state index in [2.05, 4.69) is 17.1 Å². The molecule has 23 heavy (non-hydrogen) atoms. The minimum atomic E-state index is -0.510. The Morgan fingerprint density at radius 3 is 2.78 bits per heavy atom. The first-order valence-corrected chi connectivity index (χ1v) is 7.81. The van der Waals surface area contributed by atoms with Crippen LogP contribution in [0.15, 0.2) is 36.7 Å². The lowest BCUT2D eigenvalue weighted by molar-refractivity contribution is -0.133. The number of aromatic nitrogens is 2. The summed E-state index contributed by atoms with van der Waals surface area (Å²) < 4.78 is 1.79. The Kier molecular flexibility index (Phi) is 6.04. The van der Waals surface area contributed by atoms with Gasteiger partial charge in [-0.2, -0.15) is 0 Å². The van der Waals surface area contributed by atoms with Crippen LogP contribution in [-0.2, 0) is 24.3 Å². The molecule has 1 aliphatic rings. The van der Waals surface area contributed by atoms with Crippen LogP contribution in [0.3, 0.4) is 0 Å². The monoisotopic (exact) mass is 354 g/mol. The quantitative estimate of drug-likeness (QED) is 0.915. The lowest BCUT2D eigenvalue weighted by Gasteiger charge is -2.30. The molecule has 3 rings (SSSR count). The smallest absolute Gasteiger partial charge is 0.239 e. The van der Waals surface area contributed by atoms with Gasteiger partial charge in [0.2, 0.25) is 11.2 Å². The van der Waals surface area contributed by atoms with Crippen LogP contribution in [0.4, 0.5) is 0 Å². The summed E-state index contributed by atoms with van der Waals surface area (Å²) in [4.78, 5) is 18.3. The molecule has 124 valence electrons. The van der Waals surface area contributed by atoms with Gasteiger partial charge >= 0.3 is 0 Å². The van der Waals surface area contributed by atoms with E-state index in [1.807, 2.05) is 17.0 Å². The summed E-state index contributed by atoms with van der Waals surface area (Å²) in [5, 5.41) is 0.423. The van der Waals surface area contributed by atoms with Crippen molar-refractivity contribution in [3.05, 3.63) is 53.1 Å². The number of aryl methyl sites for hydroxylation is 1. The van der Waals surface area contributed by atoms with Crippen molar-refractivity contribution in [2.75, 3.05) is 6.54 Å². The minimum Gasteiger partial charge on any atom is -0.337 e. The molecule has 0 saturated carbocycles. The molecule has 5 nitrogen and oxygen atoms in total. The van der Waals surface area contributed by atoms with Crippen molar-refractivity contribution >= 4 is 29.9 Å². The van der Waals surface area contributed by atoms with Crippen LogP contribution in [0.25, 0.3) is 0 Å². The van der Waals surface area contributed by atoms with Crippen molar-refractivity contribution in [1.82, 2.24) is 14.5 Å². The van der Waals surface area contributed by atoms with Crippen LogP contribution in [0, 0.1) is 0 Å². The number of nitrogens with zero attached hydrogens (tertiary/aromatic N) is 3. The zero-order valence-corrected chi connectivity index (χ0v) is 14.3. The summed E-state index contributed by atoms with van der Waals surface area (Å²) in [7, 11) is 0. The highest BCUT2D eigenvalue weighted by atomic mass is 35.5. The molecule has 0 aliphatic carbocycles. The summed E-state index contributed by atoms with van der Waals surface area (Å²) in [6.45, 7) is 1.97. The molecule has 2 heterocycles. The fourth-order valence-electron chi connectivity index (χ4n) is 2.80. The maximum absolute atomic E-state index is 12.5. The van der Waals surface area contributed by atoms with Crippen LogP contribution in [0.5, 0.6) is 0 Å². The maximum Gasteiger partial charge on any atom is 0.239 e. The van der Waals surface area contributed by atoms with Gasteiger partial charge in [0.15, 0.2) is 0 Å². The minimum absolute atomic E-state index is 0. The molecule has 0 fully saturated rings. The van der Waals surface area contributed by atoms with Crippen molar-refractivity contribution in [3.8, 4) is 0 Å². The molecular weight excluding hydrogens is 335 g/mol. The molecule has 1 aromatic carbocycles. The summed E-state index contributed by atoms with van der Waals surface area (Å²) in [6, 6.07) is 7.73. The van der Waals surface area contributed by atoms with E-state index in [4.69, 9.17) is 17.3 Å². The molecule has 0 radical (unpaired) electrons. The SMILES string of the molecule is Cl.NC(CCn1ccnc1Cl)C(=O)N1CCc2ccccc2C1. The van der Waals surface area contributed by atoms with Crippen molar-refractivity contribution in [3.63, 3.8) is 0 Å². The highest BCUT2D eigenvalue weighted by molar-refractivity contribution is 6.28. The lowest BCUT2D eigenvalue weighted by Crippen LogP contribution is -2.46. The van der Waals surface area contributed by atoms with Crippen LogP contribution in [-0.4, -0.2) is 32.9 Å². The van der Waals surface area contributed by atoms with Gasteiger partial charge in [-0.15, -0.1) is 12.4 Å². The second kappa shape index (κ2) is 7.81. The number of carbonyl (C=O) groups is 1. The molecule has 0 saturated heterocycles. The Balaban J connectivity index is 0.00000192. The second-order valence-electron chi connectivity index (χ2n) is 5.56. The number of fused-ring (bicyclic) bond motifs is 1. The first-order valence-electron chi connectivity index (χ1n) is 7.43. The van der Waals surface area contributed by atoms with Crippen molar-refractivity contribution in [1.29, 1.82) is 0 Å². The van der Waals surface area contributed by atoms with Gasteiger partial charge < -0.3 is 15.2 Å². The molecule has 1 amide bonds. The third-order valence-corrected chi connectivity index (χ3v) is 4.42. The van der Waals surface area contributed by atoms with E-state index in [0.717, 1.165) is 13.0 Å². The molecular formula is C16H20Cl2N4O. The molecule has 1 aromatic heterocycles. The summed E-state index contributed by atoms with van der Waals surface area (Å²) in [5.74, 6) is 0.00532. The van der Waals surface area contributed by atoms with E-state index >= 15 is 0 Å². The number of imidazole rings is 1. The van der Waals surface area contributed by atoms with E-state index in [1.54, 1.807) is 17.0 Å². The van der Waals surface area contributed by atoms with Crippen molar-refractivity contribution in [2.24, 2.45) is 5.73 Å². The Morgan fingerprint density at radius 1 is 1.35 bits per heavy atom. The number of nitrogens with two attached hydrogens (primary N) is 1. The molecule has 7 heteroatoms. The Bertz CT molecular complexity index is 674. The Hall–Kier alpha value is -1.56. The number of hydrogen-bond acceptors (Lipinski definition) is 3. The van der Waals surface area contributed by atoms with E-state index in [0.29, 0.717) is 24.8 Å². The molecule has 1 aliphatic heterocycles. The second-order valence-corrected chi connectivity index (χ2v) is 5.90. The van der Waals surface area contributed by atoms with Crippen molar-refractivity contribution in [2.45, 2.75) is 32.0 Å². The zero-order valence-electron chi connectivity index (χ0n) is 12.7. The van der Waals surface area contributed by atoms with E-state index in [-0.39, 0.29) is 18.3 Å². The van der Waals surface area contributed by atoms with Gasteiger partial charge in [-0.25, -0.2) is 4.98 Å². The van der Waals surface area contributed by atoms with E-state index in [1.165, 1.54) is 11.1 Å². The number of amides is 1. The van der Waals surface area contributed by atoms with Gasteiger partial charge in [-0.1, -0.05) is 24.3 Å². The van der Waals surface area contributed by atoms with Crippen LogP contribution >= 0.6 is 24.0 Å². The van der Waals surface area contributed by atoms with Crippen LogP contribution < -0.4 is 5.73 Å². The largest absolute Gasteiger partial charge is 0.337 e. The van der Waals surface area contributed by atoms with E-state index in [9.17, 15) is 4.79 Å².